The molecule has 1 N–H and O–H groups in total. The number of aromatic nitrogens is 3. The van der Waals surface area contributed by atoms with Crippen LogP contribution in [0.15, 0.2) is 82.9 Å². The third-order valence-corrected chi connectivity index (χ3v) is 6.21. The van der Waals surface area contributed by atoms with Crippen molar-refractivity contribution >= 4 is 34.4 Å². The quantitative estimate of drug-likeness (QED) is 0.337. The molecular weight excluding hydrogens is 424 g/mol. The second-order valence-electron chi connectivity index (χ2n) is 6.98. The van der Waals surface area contributed by atoms with Gasteiger partial charge < -0.3 is 10.1 Å². The average Bonchev–Trinajstić information content (AvgIpc) is 2.83. The summed E-state index contributed by atoms with van der Waals surface area (Å²) in [7, 11) is 1.59. The minimum atomic E-state index is -0.458. The normalized spacial score (nSPS) is 11.8. The van der Waals surface area contributed by atoms with E-state index in [2.05, 4.69) is 15.3 Å². The number of fused-ring (bicyclic) bond motifs is 1. The fraction of sp³-hybridized carbons (Fsp3) is 0.167. The molecule has 0 aliphatic carbocycles. The number of amides is 1. The Kier molecular flexibility index (Phi) is 6.51. The predicted molar refractivity (Wildman–Crippen MR) is 127 cm³/mol. The summed E-state index contributed by atoms with van der Waals surface area (Å²) < 4.78 is 6.70. The lowest BCUT2D eigenvalue weighted by atomic mass is 10.2. The number of anilines is 1. The number of methoxy groups -OCH3 is 1. The zero-order valence-electron chi connectivity index (χ0n) is 17.7. The lowest BCUT2D eigenvalue weighted by Gasteiger charge is -2.18. The van der Waals surface area contributed by atoms with Crippen molar-refractivity contribution in [2.45, 2.75) is 23.8 Å². The maximum absolute atomic E-state index is 13.3. The fourth-order valence-corrected chi connectivity index (χ4v) is 4.25. The van der Waals surface area contributed by atoms with Crippen LogP contribution < -0.4 is 15.6 Å². The van der Waals surface area contributed by atoms with Gasteiger partial charge in [-0.2, -0.15) is 0 Å². The van der Waals surface area contributed by atoms with E-state index in [0.717, 1.165) is 0 Å². The van der Waals surface area contributed by atoms with E-state index >= 15 is 0 Å². The lowest BCUT2D eigenvalue weighted by Crippen LogP contribution is -2.27. The standard InChI is InChI=1S/C24H22N4O3S/c1-3-20(22(29)26-16-11-13-18(31-2)14-12-16)32-24-27-21-19(10-7-15-25-21)23(30)28(24)17-8-5-4-6-9-17/h4-15,20H,3H2,1-2H3,(H,26,29). The van der Waals surface area contributed by atoms with Gasteiger partial charge in [-0.25, -0.2) is 9.97 Å². The maximum atomic E-state index is 13.3. The second kappa shape index (κ2) is 9.65. The van der Waals surface area contributed by atoms with Crippen LogP contribution in [0.1, 0.15) is 13.3 Å². The van der Waals surface area contributed by atoms with Gasteiger partial charge in [-0.1, -0.05) is 36.9 Å². The Hall–Kier alpha value is -3.65. The van der Waals surface area contributed by atoms with E-state index in [-0.39, 0.29) is 11.5 Å². The number of nitrogens with zero attached hydrogens (tertiary/aromatic N) is 3. The number of benzene rings is 2. The van der Waals surface area contributed by atoms with Gasteiger partial charge in [-0.05, 0) is 55.0 Å². The molecule has 0 spiro atoms. The zero-order chi connectivity index (χ0) is 22.5. The molecule has 32 heavy (non-hydrogen) atoms. The Morgan fingerprint density at radius 2 is 1.84 bits per heavy atom. The van der Waals surface area contributed by atoms with Gasteiger partial charge >= 0.3 is 0 Å². The monoisotopic (exact) mass is 446 g/mol. The van der Waals surface area contributed by atoms with Crippen LogP contribution in [0.3, 0.4) is 0 Å². The summed E-state index contributed by atoms with van der Waals surface area (Å²) in [5.41, 5.74) is 1.49. The highest BCUT2D eigenvalue weighted by Crippen LogP contribution is 2.27. The lowest BCUT2D eigenvalue weighted by molar-refractivity contribution is -0.115. The van der Waals surface area contributed by atoms with Gasteiger partial charge in [0, 0.05) is 11.9 Å². The van der Waals surface area contributed by atoms with E-state index in [1.807, 2.05) is 37.3 Å². The zero-order valence-corrected chi connectivity index (χ0v) is 18.5. The highest BCUT2D eigenvalue weighted by molar-refractivity contribution is 8.00. The molecule has 4 aromatic rings. The number of hydrogen-bond donors (Lipinski definition) is 1. The van der Waals surface area contributed by atoms with Crippen molar-refractivity contribution < 1.29 is 9.53 Å². The molecule has 2 heterocycles. The minimum absolute atomic E-state index is 0.169. The topological polar surface area (TPSA) is 86.1 Å². The molecule has 2 aromatic heterocycles. The molecule has 0 saturated heterocycles. The average molecular weight is 447 g/mol. The third kappa shape index (κ3) is 4.50. The number of carbonyl (C=O) groups is 1. The molecular formula is C24H22N4O3S. The molecule has 4 rings (SSSR count). The van der Waals surface area contributed by atoms with Crippen molar-refractivity contribution in [3.63, 3.8) is 0 Å². The Morgan fingerprint density at radius 3 is 2.53 bits per heavy atom. The fourth-order valence-electron chi connectivity index (χ4n) is 3.23. The van der Waals surface area contributed by atoms with Crippen LogP contribution in [0.4, 0.5) is 5.69 Å². The molecule has 1 amide bonds. The Morgan fingerprint density at radius 1 is 1.09 bits per heavy atom. The van der Waals surface area contributed by atoms with Crippen LogP contribution in [0, 0.1) is 0 Å². The molecule has 2 aromatic carbocycles. The van der Waals surface area contributed by atoms with Crippen molar-refractivity contribution in [3.8, 4) is 11.4 Å². The number of ether oxygens (including phenoxy) is 1. The second-order valence-corrected chi connectivity index (χ2v) is 8.15. The summed E-state index contributed by atoms with van der Waals surface area (Å²) >= 11 is 1.25. The number of pyridine rings is 1. The molecule has 0 fully saturated rings. The van der Waals surface area contributed by atoms with E-state index in [1.165, 1.54) is 16.3 Å². The smallest absolute Gasteiger partial charge is 0.268 e. The molecule has 0 aliphatic rings. The highest BCUT2D eigenvalue weighted by Gasteiger charge is 2.23. The van der Waals surface area contributed by atoms with Crippen LogP contribution in [-0.2, 0) is 4.79 Å². The molecule has 0 bridgehead atoms. The van der Waals surface area contributed by atoms with E-state index in [0.29, 0.717) is 39.7 Å². The number of carbonyl (C=O) groups excluding carboxylic acids is 1. The van der Waals surface area contributed by atoms with E-state index in [1.54, 1.807) is 49.7 Å². The van der Waals surface area contributed by atoms with Crippen molar-refractivity contribution in [2.24, 2.45) is 0 Å². The number of thioether (sulfide) groups is 1. The first-order chi connectivity index (χ1) is 15.6. The molecule has 1 unspecified atom stereocenters. The van der Waals surface area contributed by atoms with Gasteiger partial charge in [0.05, 0.1) is 23.4 Å². The summed E-state index contributed by atoms with van der Waals surface area (Å²) in [6.07, 6.45) is 2.15. The van der Waals surface area contributed by atoms with Crippen molar-refractivity contribution in [3.05, 3.63) is 83.3 Å². The molecule has 0 saturated carbocycles. The van der Waals surface area contributed by atoms with E-state index in [9.17, 15) is 9.59 Å². The summed E-state index contributed by atoms with van der Waals surface area (Å²) in [5, 5.41) is 3.32. The minimum Gasteiger partial charge on any atom is -0.497 e. The maximum Gasteiger partial charge on any atom is 0.268 e. The summed E-state index contributed by atoms with van der Waals surface area (Å²) in [6.45, 7) is 1.93. The van der Waals surface area contributed by atoms with E-state index in [4.69, 9.17) is 4.74 Å². The molecule has 0 radical (unpaired) electrons. The predicted octanol–water partition coefficient (Wildman–Crippen LogP) is 4.30. The van der Waals surface area contributed by atoms with Gasteiger partial charge in [0.2, 0.25) is 5.91 Å². The van der Waals surface area contributed by atoms with Crippen molar-refractivity contribution in [1.29, 1.82) is 0 Å². The highest BCUT2D eigenvalue weighted by atomic mass is 32.2. The van der Waals surface area contributed by atoms with Gasteiger partial charge in [0.25, 0.3) is 5.56 Å². The van der Waals surface area contributed by atoms with Crippen molar-refractivity contribution in [1.82, 2.24) is 14.5 Å². The number of nitrogens with one attached hydrogen (secondary N) is 1. The summed E-state index contributed by atoms with van der Waals surface area (Å²) in [6, 6.07) is 19.8. The molecule has 7 nitrogen and oxygen atoms in total. The Balaban J connectivity index is 1.69. The Labute approximate surface area is 189 Å². The number of hydrogen-bond acceptors (Lipinski definition) is 6. The van der Waals surface area contributed by atoms with Crippen LogP contribution in [0.25, 0.3) is 16.7 Å². The first-order valence-corrected chi connectivity index (χ1v) is 11.0. The first-order valence-electron chi connectivity index (χ1n) is 10.2. The molecule has 1 atom stereocenters. The first kappa shape index (κ1) is 21.6. The number of rotatable bonds is 7. The Bertz CT molecular complexity index is 1290. The summed E-state index contributed by atoms with van der Waals surface area (Å²) in [4.78, 5) is 35.2. The third-order valence-electron chi connectivity index (χ3n) is 4.90. The van der Waals surface area contributed by atoms with Gasteiger partial charge in [0.1, 0.15) is 5.75 Å². The SMILES string of the molecule is CCC(Sc1nc2ncccc2c(=O)n1-c1ccccc1)C(=O)Nc1ccc(OC)cc1. The van der Waals surface area contributed by atoms with Gasteiger partial charge in [-0.3, -0.25) is 14.2 Å². The van der Waals surface area contributed by atoms with Crippen LogP contribution in [-0.4, -0.2) is 32.8 Å². The number of para-hydroxylation sites is 1. The molecule has 162 valence electrons. The molecule has 0 aliphatic heterocycles. The van der Waals surface area contributed by atoms with E-state index < -0.39 is 5.25 Å². The van der Waals surface area contributed by atoms with Gasteiger partial charge in [0.15, 0.2) is 10.8 Å². The van der Waals surface area contributed by atoms with Crippen molar-refractivity contribution in [2.75, 3.05) is 12.4 Å². The summed E-state index contributed by atoms with van der Waals surface area (Å²) in [5.74, 6) is 0.543. The van der Waals surface area contributed by atoms with Crippen LogP contribution in [0.2, 0.25) is 0 Å². The molecule has 8 heteroatoms. The largest absolute Gasteiger partial charge is 0.497 e. The van der Waals surface area contributed by atoms with Crippen LogP contribution >= 0.6 is 11.8 Å². The van der Waals surface area contributed by atoms with Crippen LogP contribution in [0.5, 0.6) is 5.75 Å². The van der Waals surface area contributed by atoms with Gasteiger partial charge in [-0.15, -0.1) is 0 Å².